The molecule has 0 radical (unpaired) electrons. The Kier molecular flexibility index (Phi) is 4.15. The van der Waals surface area contributed by atoms with Gasteiger partial charge in [-0.05, 0) is 32.0 Å². The maximum absolute atomic E-state index is 12.7. The van der Waals surface area contributed by atoms with Crippen molar-refractivity contribution in [1.82, 2.24) is 0 Å². The normalized spacial score (nSPS) is 13.8. The summed E-state index contributed by atoms with van der Waals surface area (Å²) in [5.74, 6) is 0. The van der Waals surface area contributed by atoms with E-state index in [4.69, 9.17) is 0 Å². The summed E-state index contributed by atoms with van der Waals surface area (Å²) in [4.78, 5) is -0.784. The van der Waals surface area contributed by atoms with E-state index in [2.05, 4.69) is 0 Å². The molecule has 20 heavy (non-hydrogen) atoms. The molecule has 9 heteroatoms. The molecule has 114 valence electrons. The van der Waals surface area contributed by atoms with Crippen LogP contribution in [0.2, 0.25) is 0 Å². The summed E-state index contributed by atoms with van der Waals surface area (Å²) in [7, 11) is -4.09. The van der Waals surface area contributed by atoms with Gasteiger partial charge >= 0.3 is 12.4 Å². The Bertz CT molecular complexity index is 598. The summed E-state index contributed by atoms with van der Waals surface area (Å²) in [5.41, 5.74) is -3.92. The van der Waals surface area contributed by atoms with Crippen molar-refractivity contribution in [2.45, 2.75) is 36.3 Å². The van der Waals surface area contributed by atoms with Gasteiger partial charge in [0, 0.05) is 0 Å². The molecule has 1 aromatic carbocycles. The largest absolute Gasteiger partial charge is 0.417 e. The SMILES string of the molecule is CC(C)S(=O)(=O)c1ccc(C(F)(F)F)c(C(F)(F)F)c1. The minimum absolute atomic E-state index is 0.0259. The molecule has 0 bridgehead atoms. The van der Waals surface area contributed by atoms with Crippen LogP contribution in [0.3, 0.4) is 0 Å². The van der Waals surface area contributed by atoms with Crippen molar-refractivity contribution in [3.8, 4) is 0 Å². The Hall–Kier alpha value is -1.25. The molecule has 1 rings (SSSR count). The van der Waals surface area contributed by atoms with Gasteiger partial charge in [0.15, 0.2) is 9.84 Å². The number of halogens is 6. The van der Waals surface area contributed by atoms with Gasteiger partial charge in [-0.1, -0.05) is 0 Å². The molecular weight excluding hydrogens is 310 g/mol. The number of hydrogen-bond acceptors (Lipinski definition) is 2. The minimum atomic E-state index is -5.30. The highest BCUT2D eigenvalue weighted by Gasteiger charge is 2.43. The first-order valence-electron chi connectivity index (χ1n) is 5.30. The fourth-order valence-electron chi connectivity index (χ4n) is 1.45. The molecule has 0 unspecified atom stereocenters. The van der Waals surface area contributed by atoms with Crippen LogP contribution in [0, 0.1) is 0 Å². The fourth-order valence-corrected chi connectivity index (χ4v) is 2.54. The van der Waals surface area contributed by atoms with E-state index >= 15 is 0 Å². The van der Waals surface area contributed by atoms with Crippen molar-refractivity contribution in [3.05, 3.63) is 29.3 Å². The molecule has 0 heterocycles. The number of benzene rings is 1. The topological polar surface area (TPSA) is 34.1 Å². The Balaban J connectivity index is 3.61. The molecule has 0 atom stereocenters. The quantitative estimate of drug-likeness (QED) is 0.774. The summed E-state index contributed by atoms with van der Waals surface area (Å²) in [6.07, 6.45) is -10.5. The molecule has 0 amide bonds. The van der Waals surface area contributed by atoms with Gasteiger partial charge < -0.3 is 0 Å². The van der Waals surface area contributed by atoms with Crippen molar-refractivity contribution >= 4 is 9.84 Å². The molecule has 0 aromatic heterocycles. The van der Waals surface area contributed by atoms with Crippen molar-refractivity contribution in [1.29, 1.82) is 0 Å². The second-order valence-corrected chi connectivity index (χ2v) is 6.80. The van der Waals surface area contributed by atoms with Gasteiger partial charge in [0.1, 0.15) is 0 Å². The predicted octanol–water partition coefficient (Wildman–Crippen LogP) is 3.91. The van der Waals surface area contributed by atoms with Crippen LogP contribution in [0.1, 0.15) is 25.0 Å². The highest BCUT2D eigenvalue weighted by atomic mass is 32.2. The van der Waals surface area contributed by atoms with E-state index in [1.807, 2.05) is 0 Å². The van der Waals surface area contributed by atoms with Crippen LogP contribution in [0.5, 0.6) is 0 Å². The lowest BCUT2D eigenvalue weighted by Gasteiger charge is -2.17. The second kappa shape index (κ2) is 4.94. The van der Waals surface area contributed by atoms with E-state index in [0.717, 1.165) is 0 Å². The lowest BCUT2D eigenvalue weighted by Crippen LogP contribution is -2.19. The summed E-state index contributed by atoms with van der Waals surface area (Å²) in [6.45, 7) is 2.44. The number of hydrogen-bond donors (Lipinski definition) is 0. The van der Waals surface area contributed by atoms with Crippen LogP contribution in [-0.4, -0.2) is 13.7 Å². The van der Waals surface area contributed by atoms with Crippen LogP contribution in [0.15, 0.2) is 23.1 Å². The Labute approximate surface area is 111 Å². The lowest BCUT2D eigenvalue weighted by atomic mass is 10.1. The average molecular weight is 320 g/mol. The molecule has 1 aromatic rings. The molecular formula is C11H10F6O2S. The van der Waals surface area contributed by atoms with E-state index in [1.54, 1.807) is 0 Å². The van der Waals surface area contributed by atoms with E-state index in [9.17, 15) is 34.8 Å². The van der Waals surface area contributed by atoms with E-state index in [-0.39, 0.29) is 12.1 Å². The van der Waals surface area contributed by atoms with Crippen LogP contribution >= 0.6 is 0 Å². The molecule has 0 spiro atoms. The average Bonchev–Trinajstić information content (AvgIpc) is 2.25. The standard InChI is InChI=1S/C11H10F6O2S/c1-6(2)20(18,19)7-3-4-8(10(12,13)14)9(5-7)11(15,16)17/h3-6H,1-2H3. The summed E-state index contributed by atoms with van der Waals surface area (Å²) in [5, 5.41) is -1.04. The minimum Gasteiger partial charge on any atom is -0.223 e. The van der Waals surface area contributed by atoms with Crippen molar-refractivity contribution in [2.24, 2.45) is 0 Å². The zero-order chi connectivity index (χ0) is 15.9. The van der Waals surface area contributed by atoms with Gasteiger partial charge in [0.25, 0.3) is 0 Å². The maximum atomic E-state index is 12.7. The lowest BCUT2D eigenvalue weighted by molar-refractivity contribution is -0.162. The third-order valence-electron chi connectivity index (χ3n) is 2.55. The highest BCUT2D eigenvalue weighted by molar-refractivity contribution is 7.92. The van der Waals surface area contributed by atoms with Gasteiger partial charge in [0.05, 0.1) is 21.3 Å². The fraction of sp³-hybridized carbons (Fsp3) is 0.455. The predicted molar refractivity (Wildman–Crippen MR) is 58.8 cm³/mol. The Morgan fingerprint density at radius 3 is 1.70 bits per heavy atom. The number of sulfone groups is 1. The first kappa shape index (κ1) is 16.8. The molecule has 0 fully saturated rings. The van der Waals surface area contributed by atoms with E-state index in [1.165, 1.54) is 13.8 Å². The monoisotopic (exact) mass is 320 g/mol. The van der Waals surface area contributed by atoms with E-state index in [0.29, 0.717) is 6.07 Å². The third-order valence-corrected chi connectivity index (χ3v) is 4.70. The third kappa shape index (κ3) is 3.25. The Morgan fingerprint density at radius 2 is 1.35 bits per heavy atom. The first-order chi connectivity index (χ1) is 8.78. The smallest absolute Gasteiger partial charge is 0.223 e. The van der Waals surface area contributed by atoms with Crippen LogP contribution < -0.4 is 0 Å². The van der Waals surface area contributed by atoms with Crippen molar-refractivity contribution in [2.75, 3.05) is 0 Å². The van der Waals surface area contributed by atoms with Gasteiger partial charge in [-0.25, -0.2) is 8.42 Å². The van der Waals surface area contributed by atoms with Gasteiger partial charge in [-0.15, -0.1) is 0 Å². The molecule has 0 saturated heterocycles. The van der Waals surface area contributed by atoms with E-state index < -0.39 is 43.5 Å². The molecule has 2 nitrogen and oxygen atoms in total. The van der Waals surface area contributed by atoms with Gasteiger partial charge in [-0.2, -0.15) is 26.3 Å². The van der Waals surface area contributed by atoms with Crippen molar-refractivity contribution in [3.63, 3.8) is 0 Å². The van der Waals surface area contributed by atoms with Crippen LogP contribution in [-0.2, 0) is 22.2 Å². The number of alkyl halides is 6. The summed E-state index contributed by atoms with van der Waals surface area (Å²) >= 11 is 0. The number of rotatable bonds is 2. The molecule has 0 N–H and O–H groups in total. The van der Waals surface area contributed by atoms with Crippen molar-refractivity contribution < 1.29 is 34.8 Å². The summed E-state index contributed by atoms with van der Waals surface area (Å²) < 4.78 is 99.0. The van der Waals surface area contributed by atoms with Gasteiger partial charge in [-0.3, -0.25) is 0 Å². The second-order valence-electron chi connectivity index (χ2n) is 4.30. The molecule has 0 saturated carbocycles. The van der Waals surface area contributed by atoms with Gasteiger partial charge in [0.2, 0.25) is 0 Å². The zero-order valence-electron chi connectivity index (χ0n) is 10.3. The first-order valence-corrected chi connectivity index (χ1v) is 6.85. The van der Waals surface area contributed by atoms with Crippen LogP contribution in [0.25, 0.3) is 0 Å². The highest BCUT2D eigenvalue weighted by Crippen LogP contribution is 2.41. The van der Waals surface area contributed by atoms with Crippen LogP contribution in [0.4, 0.5) is 26.3 Å². The molecule has 0 aliphatic heterocycles. The Morgan fingerprint density at radius 1 is 0.900 bits per heavy atom. The summed E-state index contributed by atoms with van der Waals surface area (Å²) in [6, 6.07) is 0.698. The molecule has 0 aliphatic rings. The maximum Gasteiger partial charge on any atom is 0.417 e. The molecule has 0 aliphatic carbocycles. The zero-order valence-corrected chi connectivity index (χ0v) is 11.1.